The molecule has 0 spiro atoms. The molecule has 2 rings (SSSR count). The van der Waals surface area contributed by atoms with Crippen molar-refractivity contribution >= 4 is 5.91 Å². The van der Waals surface area contributed by atoms with Crippen LogP contribution in [0.1, 0.15) is 30.9 Å². The van der Waals surface area contributed by atoms with E-state index in [1.807, 2.05) is 36.2 Å². The molecule has 0 bridgehead atoms. The lowest BCUT2D eigenvalue weighted by molar-refractivity contribution is -0.122. The lowest BCUT2D eigenvalue weighted by atomic mass is 10.0. The van der Waals surface area contributed by atoms with Gasteiger partial charge in [0.05, 0.1) is 20.2 Å². The van der Waals surface area contributed by atoms with Crippen molar-refractivity contribution in [3.8, 4) is 11.5 Å². The molecule has 0 heterocycles. The average molecular weight is 370 g/mol. The molecule has 0 saturated heterocycles. The van der Waals surface area contributed by atoms with Gasteiger partial charge in [0.1, 0.15) is 6.61 Å². The second-order valence-corrected chi connectivity index (χ2v) is 6.92. The third-order valence-corrected chi connectivity index (χ3v) is 4.26. The summed E-state index contributed by atoms with van der Waals surface area (Å²) in [6, 6.07) is 16.0. The first-order valence-corrected chi connectivity index (χ1v) is 9.29. The lowest BCUT2D eigenvalue weighted by Crippen LogP contribution is -2.36. The van der Waals surface area contributed by atoms with Crippen molar-refractivity contribution in [1.29, 1.82) is 0 Å². The predicted octanol–water partition coefficient (Wildman–Crippen LogP) is 3.45. The SMILES string of the molecule is COc1ccccc1OCCNC(=O)CN(C)Cc1ccc(C(C)C)cc1. The number of methoxy groups -OCH3 is 1. The fourth-order valence-corrected chi connectivity index (χ4v) is 2.77. The molecule has 27 heavy (non-hydrogen) atoms. The molecule has 0 radical (unpaired) electrons. The molecule has 0 atom stereocenters. The summed E-state index contributed by atoms with van der Waals surface area (Å²) in [6.07, 6.45) is 0. The van der Waals surface area contributed by atoms with E-state index in [4.69, 9.17) is 9.47 Å². The van der Waals surface area contributed by atoms with E-state index in [0.29, 0.717) is 37.1 Å². The Balaban J connectivity index is 1.69. The van der Waals surface area contributed by atoms with E-state index in [9.17, 15) is 4.79 Å². The number of rotatable bonds is 10. The lowest BCUT2D eigenvalue weighted by Gasteiger charge is -2.17. The van der Waals surface area contributed by atoms with Crippen molar-refractivity contribution in [2.24, 2.45) is 0 Å². The number of nitrogens with zero attached hydrogens (tertiary/aromatic N) is 1. The quantitative estimate of drug-likeness (QED) is 0.651. The molecule has 0 aliphatic heterocycles. The summed E-state index contributed by atoms with van der Waals surface area (Å²) in [7, 11) is 3.55. The Morgan fingerprint density at radius 2 is 1.74 bits per heavy atom. The largest absolute Gasteiger partial charge is 0.493 e. The minimum Gasteiger partial charge on any atom is -0.493 e. The Morgan fingerprint density at radius 3 is 2.37 bits per heavy atom. The molecule has 1 amide bonds. The minimum absolute atomic E-state index is 0.0140. The van der Waals surface area contributed by atoms with Crippen molar-refractivity contribution in [2.45, 2.75) is 26.3 Å². The van der Waals surface area contributed by atoms with Gasteiger partial charge in [-0.05, 0) is 36.2 Å². The second-order valence-electron chi connectivity index (χ2n) is 6.92. The highest BCUT2D eigenvalue weighted by molar-refractivity contribution is 5.77. The van der Waals surface area contributed by atoms with Gasteiger partial charge in [-0.2, -0.15) is 0 Å². The Hall–Kier alpha value is -2.53. The topological polar surface area (TPSA) is 50.8 Å². The molecule has 5 nitrogen and oxygen atoms in total. The van der Waals surface area contributed by atoms with E-state index < -0.39 is 0 Å². The number of benzene rings is 2. The highest BCUT2D eigenvalue weighted by Gasteiger charge is 2.08. The number of carbonyl (C=O) groups excluding carboxylic acids is 1. The van der Waals surface area contributed by atoms with Crippen LogP contribution < -0.4 is 14.8 Å². The van der Waals surface area contributed by atoms with Gasteiger partial charge in [0.25, 0.3) is 0 Å². The van der Waals surface area contributed by atoms with Gasteiger partial charge in [-0.3, -0.25) is 9.69 Å². The fourth-order valence-electron chi connectivity index (χ4n) is 2.77. The zero-order valence-electron chi connectivity index (χ0n) is 16.7. The van der Waals surface area contributed by atoms with Crippen LogP contribution in [0.4, 0.5) is 0 Å². The van der Waals surface area contributed by atoms with E-state index in [1.165, 1.54) is 11.1 Å². The summed E-state index contributed by atoms with van der Waals surface area (Å²) in [5.41, 5.74) is 2.53. The number of para-hydroxylation sites is 2. The van der Waals surface area contributed by atoms with Crippen LogP contribution in [0.3, 0.4) is 0 Å². The Morgan fingerprint density at radius 1 is 1.07 bits per heavy atom. The number of ether oxygens (including phenoxy) is 2. The molecule has 146 valence electrons. The first kappa shape index (κ1) is 20.8. The molecular formula is C22H30N2O3. The van der Waals surface area contributed by atoms with Crippen LogP contribution >= 0.6 is 0 Å². The summed E-state index contributed by atoms with van der Waals surface area (Å²) in [4.78, 5) is 14.1. The van der Waals surface area contributed by atoms with Gasteiger partial charge in [0.15, 0.2) is 11.5 Å². The molecular weight excluding hydrogens is 340 g/mol. The highest BCUT2D eigenvalue weighted by Crippen LogP contribution is 2.25. The first-order chi connectivity index (χ1) is 13.0. The van der Waals surface area contributed by atoms with E-state index in [2.05, 4.69) is 43.4 Å². The van der Waals surface area contributed by atoms with Crippen LogP contribution in [0.15, 0.2) is 48.5 Å². The first-order valence-electron chi connectivity index (χ1n) is 9.29. The van der Waals surface area contributed by atoms with Gasteiger partial charge in [-0.25, -0.2) is 0 Å². The molecule has 2 aromatic rings. The summed E-state index contributed by atoms with van der Waals surface area (Å²) >= 11 is 0. The highest BCUT2D eigenvalue weighted by atomic mass is 16.5. The van der Waals surface area contributed by atoms with Crippen molar-refractivity contribution in [3.05, 3.63) is 59.7 Å². The normalized spacial score (nSPS) is 10.9. The van der Waals surface area contributed by atoms with Gasteiger partial charge in [0.2, 0.25) is 5.91 Å². The summed E-state index contributed by atoms with van der Waals surface area (Å²) in [5.74, 6) is 1.88. The maximum Gasteiger partial charge on any atom is 0.234 e. The van der Waals surface area contributed by atoms with Crippen molar-refractivity contribution < 1.29 is 14.3 Å². The average Bonchev–Trinajstić information content (AvgIpc) is 2.65. The van der Waals surface area contributed by atoms with E-state index in [1.54, 1.807) is 7.11 Å². The van der Waals surface area contributed by atoms with E-state index >= 15 is 0 Å². The summed E-state index contributed by atoms with van der Waals surface area (Å²) in [5, 5.41) is 2.88. The van der Waals surface area contributed by atoms with E-state index in [-0.39, 0.29) is 5.91 Å². The molecule has 2 aromatic carbocycles. The molecule has 0 aromatic heterocycles. The van der Waals surface area contributed by atoms with Crippen LogP contribution in [0, 0.1) is 0 Å². The summed E-state index contributed by atoms with van der Waals surface area (Å²) < 4.78 is 10.9. The Kier molecular flexibility index (Phi) is 8.14. The zero-order chi connectivity index (χ0) is 19.6. The van der Waals surface area contributed by atoms with Crippen LogP contribution in [0.5, 0.6) is 11.5 Å². The number of hydrogen-bond donors (Lipinski definition) is 1. The van der Waals surface area contributed by atoms with E-state index in [0.717, 1.165) is 6.54 Å². The standard InChI is InChI=1S/C22H30N2O3/c1-17(2)19-11-9-18(10-12-19)15-24(3)16-22(25)23-13-14-27-21-8-6-5-7-20(21)26-4/h5-12,17H,13-16H2,1-4H3,(H,23,25). The Labute approximate surface area is 162 Å². The van der Waals surface area contributed by atoms with Crippen LogP contribution in [-0.4, -0.2) is 44.7 Å². The number of hydrogen-bond acceptors (Lipinski definition) is 4. The maximum atomic E-state index is 12.1. The number of nitrogens with one attached hydrogen (secondary N) is 1. The molecule has 0 unspecified atom stereocenters. The van der Waals surface area contributed by atoms with Crippen LogP contribution in [0.25, 0.3) is 0 Å². The second kappa shape index (κ2) is 10.6. The maximum absolute atomic E-state index is 12.1. The van der Waals surface area contributed by atoms with Gasteiger partial charge < -0.3 is 14.8 Å². The van der Waals surface area contributed by atoms with Crippen LogP contribution in [-0.2, 0) is 11.3 Å². The van der Waals surface area contributed by atoms with Crippen molar-refractivity contribution in [2.75, 3.05) is 33.9 Å². The monoisotopic (exact) mass is 370 g/mol. The van der Waals surface area contributed by atoms with Gasteiger partial charge in [-0.1, -0.05) is 50.2 Å². The van der Waals surface area contributed by atoms with Crippen molar-refractivity contribution in [3.63, 3.8) is 0 Å². The van der Waals surface area contributed by atoms with Gasteiger partial charge in [0, 0.05) is 6.54 Å². The molecule has 0 fully saturated rings. The molecule has 0 aliphatic carbocycles. The molecule has 0 saturated carbocycles. The smallest absolute Gasteiger partial charge is 0.234 e. The van der Waals surface area contributed by atoms with Crippen LogP contribution in [0.2, 0.25) is 0 Å². The third kappa shape index (κ3) is 6.94. The predicted molar refractivity (Wildman–Crippen MR) is 108 cm³/mol. The molecule has 5 heteroatoms. The molecule has 1 N–H and O–H groups in total. The third-order valence-electron chi connectivity index (χ3n) is 4.26. The zero-order valence-corrected chi connectivity index (χ0v) is 16.7. The summed E-state index contributed by atoms with van der Waals surface area (Å²) in [6.45, 7) is 6.30. The fraction of sp³-hybridized carbons (Fsp3) is 0.409. The minimum atomic E-state index is -0.0140. The number of amides is 1. The van der Waals surface area contributed by atoms with Crippen molar-refractivity contribution in [1.82, 2.24) is 10.2 Å². The number of carbonyl (C=O) groups is 1. The van der Waals surface area contributed by atoms with Gasteiger partial charge in [-0.15, -0.1) is 0 Å². The number of likely N-dealkylation sites (N-methyl/N-ethyl adjacent to an activating group) is 1. The molecule has 0 aliphatic rings. The van der Waals surface area contributed by atoms with Gasteiger partial charge >= 0.3 is 0 Å². The Bertz CT molecular complexity index is 714.